The van der Waals surface area contributed by atoms with Crippen LogP contribution in [0.15, 0.2) is 42.5 Å². The van der Waals surface area contributed by atoms with Gasteiger partial charge >= 0.3 is 0 Å². The minimum absolute atomic E-state index is 0.290. The van der Waals surface area contributed by atoms with Gasteiger partial charge in [-0.15, -0.1) is 0 Å². The number of rotatable bonds is 1. The van der Waals surface area contributed by atoms with E-state index in [1.807, 2.05) is 19.1 Å². The molecule has 0 amide bonds. The van der Waals surface area contributed by atoms with Gasteiger partial charge in [0, 0.05) is 12.2 Å². The number of aromatic nitrogens is 1. The second-order valence-electron chi connectivity index (χ2n) is 4.34. The maximum atomic E-state index is 4.52. The molecular weight excluding hydrogens is 210 g/mol. The average Bonchev–Trinajstić information content (AvgIpc) is 2.39. The summed E-state index contributed by atoms with van der Waals surface area (Å²) >= 11 is 0. The summed E-state index contributed by atoms with van der Waals surface area (Å²) < 4.78 is 0. The van der Waals surface area contributed by atoms with Gasteiger partial charge in [-0.05, 0) is 24.6 Å². The molecule has 0 bridgehead atoms. The van der Waals surface area contributed by atoms with Crippen molar-refractivity contribution >= 4 is 11.5 Å². The zero-order chi connectivity index (χ0) is 11.7. The van der Waals surface area contributed by atoms with Crippen LogP contribution in [0.3, 0.4) is 0 Å². The minimum Gasteiger partial charge on any atom is -0.380 e. The van der Waals surface area contributed by atoms with Crippen molar-refractivity contribution in [1.82, 2.24) is 4.98 Å². The summed E-state index contributed by atoms with van der Waals surface area (Å²) in [7, 11) is 0. The number of anilines is 2. The monoisotopic (exact) mass is 225 g/mol. The molecule has 3 heteroatoms. The van der Waals surface area contributed by atoms with E-state index < -0.39 is 0 Å². The van der Waals surface area contributed by atoms with E-state index in [-0.39, 0.29) is 6.04 Å². The van der Waals surface area contributed by atoms with Crippen LogP contribution < -0.4 is 10.6 Å². The molecule has 2 aromatic rings. The van der Waals surface area contributed by atoms with E-state index in [0.29, 0.717) is 0 Å². The summed E-state index contributed by atoms with van der Waals surface area (Å²) in [5.41, 5.74) is 3.41. The van der Waals surface area contributed by atoms with Crippen molar-refractivity contribution in [1.29, 1.82) is 0 Å². The van der Waals surface area contributed by atoms with Crippen LogP contribution in [0.5, 0.6) is 0 Å². The van der Waals surface area contributed by atoms with Gasteiger partial charge in [0.15, 0.2) is 0 Å². The van der Waals surface area contributed by atoms with Gasteiger partial charge in [0.1, 0.15) is 5.82 Å². The zero-order valence-corrected chi connectivity index (χ0v) is 9.77. The number of nitrogens with zero attached hydrogens (tertiary/aromatic N) is 1. The zero-order valence-electron chi connectivity index (χ0n) is 9.77. The van der Waals surface area contributed by atoms with Crippen LogP contribution >= 0.6 is 0 Å². The molecule has 3 nitrogen and oxygen atoms in total. The van der Waals surface area contributed by atoms with Crippen molar-refractivity contribution in [3.8, 4) is 0 Å². The number of aryl methyl sites for hydroxylation is 1. The number of benzene rings is 1. The molecule has 1 aromatic heterocycles. The van der Waals surface area contributed by atoms with Crippen LogP contribution in [0, 0.1) is 6.92 Å². The molecule has 1 atom stereocenters. The Balaban J connectivity index is 1.90. The van der Waals surface area contributed by atoms with E-state index in [1.165, 1.54) is 5.56 Å². The largest absolute Gasteiger partial charge is 0.380 e. The maximum Gasteiger partial charge on any atom is 0.150 e. The quantitative estimate of drug-likeness (QED) is 0.783. The lowest BCUT2D eigenvalue weighted by Gasteiger charge is -2.28. The van der Waals surface area contributed by atoms with Crippen LogP contribution in [0.25, 0.3) is 0 Å². The third-order valence-electron chi connectivity index (χ3n) is 3.04. The van der Waals surface area contributed by atoms with Gasteiger partial charge in [-0.2, -0.15) is 0 Å². The normalized spacial score (nSPS) is 17.8. The highest BCUT2D eigenvalue weighted by molar-refractivity contribution is 5.67. The smallest absolute Gasteiger partial charge is 0.150 e. The molecule has 0 spiro atoms. The minimum atomic E-state index is 0.290. The van der Waals surface area contributed by atoms with Gasteiger partial charge in [-0.25, -0.2) is 4.98 Å². The Morgan fingerprint density at radius 3 is 2.76 bits per heavy atom. The summed E-state index contributed by atoms with van der Waals surface area (Å²) in [6.07, 6.45) is 0. The third kappa shape index (κ3) is 1.96. The van der Waals surface area contributed by atoms with Crippen LogP contribution in [0.4, 0.5) is 11.5 Å². The number of hydrogen-bond donors (Lipinski definition) is 2. The lowest BCUT2D eigenvalue weighted by Crippen LogP contribution is -2.26. The lowest BCUT2D eigenvalue weighted by molar-refractivity contribution is 0.792. The average molecular weight is 225 g/mol. The maximum absolute atomic E-state index is 4.52. The molecule has 1 aliphatic heterocycles. The predicted octanol–water partition coefficient (Wildman–Crippen LogP) is 2.97. The Morgan fingerprint density at radius 2 is 1.94 bits per heavy atom. The summed E-state index contributed by atoms with van der Waals surface area (Å²) in [5, 5.41) is 6.89. The molecule has 0 saturated heterocycles. The molecule has 1 aromatic carbocycles. The molecule has 2 N–H and O–H groups in total. The second-order valence-corrected chi connectivity index (χ2v) is 4.34. The van der Waals surface area contributed by atoms with E-state index in [1.54, 1.807) is 0 Å². The first kappa shape index (κ1) is 10.1. The van der Waals surface area contributed by atoms with Crippen molar-refractivity contribution in [2.45, 2.75) is 13.0 Å². The van der Waals surface area contributed by atoms with E-state index in [9.17, 15) is 0 Å². The molecule has 1 unspecified atom stereocenters. The van der Waals surface area contributed by atoms with Crippen LogP contribution in [0.2, 0.25) is 0 Å². The number of hydrogen-bond acceptors (Lipinski definition) is 3. The summed E-state index contributed by atoms with van der Waals surface area (Å²) in [5.74, 6) is 0.949. The molecular formula is C14H15N3. The second kappa shape index (κ2) is 4.09. The fourth-order valence-corrected chi connectivity index (χ4v) is 2.12. The Kier molecular flexibility index (Phi) is 2.44. The van der Waals surface area contributed by atoms with Crippen molar-refractivity contribution in [3.63, 3.8) is 0 Å². The number of pyridine rings is 1. The van der Waals surface area contributed by atoms with Gasteiger partial charge in [-0.3, -0.25) is 0 Å². The molecule has 1 aliphatic rings. The molecule has 3 rings (SSSR count). The van der Waals surface area contributed by atoms with Crippen LogP contribution in [0.1, 0.15) is 17.3 Å². The first-order valence-electron chi connectivity index (χ1n) is 5.86. The predicted molar refractivity (Wildman–Crippen MR) is 70.3 cm³/mol. The van der Waals surface area contributed by atoms with E-state index >= 15 is 0 Å². The SMILES string of the molecule is Cc1ccc2c(n1)NC(c1ccccc1)CN2. The Bertz CT molecular complexity index is 522. The van der Waals surface area contributed by atoms with Crippen molar-refractivity contribution in [2.75, 3.05) is 17.2 Å². The van der Waals surface area contributed by atoms with Gasteiger partial charge in [0.2, 0.25) is 0 Å². The van der Waals surface area contributed by atoms with Crippen LogP contribution in [-0.2, 0) is 0 Å². The van der Waals surface area contributed by atoms with Crippen LogP contribution in [-0.4, -0.2) is 11.5 Å². The van der Waals surface area contributed by atoms with E-state index in [4.69, 9.17) is 0 Å². The van der Waals surface area contributed by atoms with Crippen molar-refractivity contribution in [2.24, 2.45) is 0 Å². The van der Waals surface area contributed by atoms with E-state index in [0.717, 1.165) is 23.7 Å². The molecule has 0 fully saturated rings. The number of nitrogens with one attached hydrogen (secondary N) is 2. The highest BCUT2D eigenvalue weighted by Gasteiger charge is 2.19. The first-order valence-corrected chi connectivity index (χ1v) is 5.86. The first-order chi connectivity index (χ1) is 8.33. The van der Waals surface area contributed by atoms with Gasteiger partial charge in [0.05, 0.1) is 11.7 Å². The molecule has 0 saturated carbocycles. The van der Waals surface area contributed by atoms with E-state index in [2.05, 4.69) is 45.9 Å². The van der Waals surface area contributed by atoms with Crippen molar-refractivity contribution in [3.05, 3.63) is 53.7 Å². The van der Waals surface area contributed by atoms with Crippen molar-refractivity contribution < 1.29 is 0 Å². The highest BCUT2D eigenvalue weighted by atomic mass is 15.1. The van der Waals surface area contributed by atoms with Gasteiger partial charge in [-0.1, -0.05) is 30.3 Å². The third-order valence-corrected chi connectivity index (χ3v) is 3.04. The summed E-state index contributed by atoms with van der Waals surface area (Å²) in [4.78, 5) is 4.52. The Labute approximate surface area is 101 Å². The highest BCUT2D eigenvalue weighted by Crippen LogP contribution is 2.29. The summed E-state index contributed by atoms with van der Waals surface area (Å²) in [6, 6.07) is 14.8. The summed E-state index contributed by atoms with van der Waals surface area (Å²) in [6.45, 7) is 2.90. The van der Waals surface area contributed by atoms with Gasteiger partial charge in [0.25, 0.3) is 0 Å². The molecule has 86 valence electrons. The molecule has 0 aliphatic carbocycles. The topological polar surface area (TPSA) is 37.0 Å². The fourth-order valence-electron chi connectivity index (χ4n) is 2.12. The number of fused-ring (bicyclic) bond motifs is 1. The fraction of sp³-hybridized carbons (Fsp3) is 0.214. The standard InChI is InChI=1S/C14H15N3/c1-10-7-8-12-14(16-10)17-13(9-15-12)11-5-3-2-4-6-11/h2-8,13,15H,9H2,1H3,(H,16,17). The lowest BCUT2D eigenvalue weighted by atomic mass is 10.1. The Morgan fingerprint density at radius 1 is 1.12 bits per heavy atom. The Hall–Kier alpha value is -2.03. The molecule has 2 heterocycles. The van der Waals surface area contributed by atoms with Gasteiger partial charge < -0.3 is 10.6 Å². The molecule has 0 radical (unpaired) electrons. The molecule has 17 heavy (non-hydrogen) atoms.